The van der Waals surface area contributed by atoms with Crippen molar-refractivity contribution in [2.75, 3.05) is 18.0 Å². The van der Waals surface area contributed by atoms with Crippen molar-refractivity contribution < 1.29 is 0 Å². The molecule has 1 fully saturated rings. The van der Waals surface area contributed by atoms with Gasteiger partial charge in [-0.25, -0.2) is 4.98 Å². The van der Waals surface area contributed by atoms with Crippen molar-refractivity contribution in [3.8, 4) is 0 Å². The molecule has 1 aromatic carbocycles. The van der Waals surface area contributed by atoms with Gasteiger partial charge in [-0.2, -0.15) is 0 Å². The Labute approximate surface area is 114 Å². The largest absolute Gasteiger partial charge is 0.348 e. The number of nitrogens with zero attached hydrogens (tertiary/aromatic N) is 2. The van der Waals surface area contributed by atoms with Gasteiger partial charge >= 0.3 is 0 Å². The minimum Gasteiger partial charge on any atom is -0.348 e. The Balaban J connectivity index is 2.06. The molecular weight excluding hydrogens is 275 g/mol. The molecule has 1 saturated heterocycles. The van der Waals surface area contributed by atoms with E-state index in [1.54, 1.807) is 11.3 Å². The first-order valence-electron chi connectivity index (χ1n) is 5.75. The van der Waals surface area contributed by atoms with Crippen LogP contribution in [-0.4, -0.2) is 18.1 Å². The molecule has 0 spiro atoms. The second-order valence-corrected chi connectivity index (χ2v) is 6.04. The molecule has 0 atom stereocenters. The number of anilines is 1. The summed E-state index contributed by atoms with van der Waals surface area (Å²) in [5.41, 5.74) is 0.838. The van der Waals surface area contributed by atoms with E-state index in [0.29, 0.717) is 5.02 Å². The van der Waals surface area contributed by atoms with Gasteiger partial charge in [-0.1, -0.05) is 34.5 Å². The average Bonchev–Trinajstić information content (AvgIpc) is 2.81. The number of piperidine rings is 1. The van der Waals surface area contributed by atoms with E-state index in [4.69, 9.17) is 23.2 Å². The molecule has 0 aliphatic carbocycles. The van der Waals surface area contributed by atoms with Gasteiger partial charge in [0.2, 0.25) is 0 Å². The minimum absolute atomic E-state index is 0.684. The van der Waals surface area contributed by atoms with Crippen LogP contribution in [0.3, 0.4) is 0 Å². The number of hydrogen-bond acceptors (Lipinski definition) is 3. The maximum absolute atomic E-state index is 6.17. The first kappa shape index (κ1) is 11.6. The van der Waals surface area contributed by atoms with Gasteiger partial charge in [-0.05, 0) is 31.4 Å². The van der Waals surface area contributed by atoms with Crippen LogP contribution in [-0.2, 0) is 0 Å². The van der Waals surface area contributed by atoms with Gasteiger partial charge in [0.05, 0.1) is 14.7 Å². The van der Waals surface area contributed by atoms with Gasteiger partial charge in [-0.3, -0.25) is 0 Å². The van der Waals surface area contributed by atoms with Gasteiger partial charge in [-0.15, -0.1) is 0 Å². The molecule has 2 aromatic rings. The maximum Gasteiger partial charge on any atom is 0.186 e. The molecule has 1 aliphatic heterocycles. The van der Waals surface area contributed by atoms with E-state index in [9.17, 15) is 0 Å². The lowest BCUT2D eigenvalue weighted by Crippen LogP contribution is -2.29. The lowest BCUT2D eigenvalue weighted by atomic mass is 10.1. The highest BCUT2D eigenvalue weighted by atomic mass is 35.5. The molecule has 2 nitrogen and oxygen atoms in total. The predicted octanol–water partition coefficient (Wildman–Crippen LogP) is 4.59. The Morgan fingerprint density at radius 3 is 2.47 bits per heavy atom. The Kier molecular flexibility index (Phi) is 3.16. The predicted molar refractivity (Wildman–Crippen MR) is 75.7 cm³/mol. The Bertz CT molecular complexity index is 508. The molecule has 0 N–H and O–H groups in total. The molecule has 1 aliphatic rings. The first-order valence-corrected chi connectivity index (χ1v) is 7.32. The number of fused-ring (bicyclic) bond motifs is 1. The molecule has 0 amide bonds. The summed E-state index contributed by atoms with van der Waals surface area (Å²) in [6.45, 7) is 2.18. The molecule has 3 rings (SSSR count). The van der Waals surface area contributed by atoms with Crippen LogP contribution in [0.1, 0.15) is 19.3 Å². The second-order valence-electron chi connectivity index (χ2n) is 4.25. The smallest absolute Gasteiger partial charge is 0.186 e. The van der Waals surface area contributed by atoms with Gasteiger partial charge in [0, 0.05) is 13.1 Å². The molecule has 17 heavy (non-hydrogen) atoms. The molecule has 0 saturated carbocycles. The van der Waals surface area contributed by atoms with E-state index < -0.39 is 0 Å². The summed E-state index contributed by atoms with van der Waals surface area (Å²) >= 11 is 14.0. The summed E-state index contributed by atoms with van der Waals surface area (Å²) in [4.78, 5) is 6.96. The van der Waals surface area contributed by atoms with Gasteiger partial charge in [0.1, 0.15) is 5.52 Å². The van der Waals surface area contributed by atoms with Crippen LogP contribution in [0, 0.1) is 0 Å². The summed E-state index contributed by atoms with van der Waals surface area (Å²) in [5.74, 6) is 0. The monoisotopic (exact) mass is 286 g/mol. The Morgan fingerprint density at radius 1 is 1.06 bits per heavy atom. The summed E-state index contributed by atoms with van der Waals surface area (Å²) < 4.78 is 1.000. The number of rotatable bonds is 1. The van der Waals surface area contributed by atoms with Crippen molar-refractivity contribution in [3.63, 3.8) is 0 Å². The molecule has 1 aromatic heterocycles. The summed E-state index contributed by atoms with van der Waals surface area (Å²) in [7, 11) is 0. The van der Waals surface area contributed by atoms with Crippen molar-refractivity contribution in [2.24, 2.45) is 0 Å². The fraction of sp³-hybridized carbons (Fsp3) is 0.417. The number of hydrogen-bond donors (Lipinski definition) is 0. The number of aromatic nitrogens is 1. The summed E-state index contributed by atoms with van der Waals surface area (Å²) in [5, 5.41) is 2.48. The molecular formula is C12H12Cl2N2S. The number of benzene rings is 1. The molecule has 5 heteroatoms. The van der Waals surface area contributed by atoms with E-state index in [-0.39, 0.29) is 0 Å². The first-order chi connectivity index (χ1) is 8.25. The van der Waals surface area contributed by atoms with E-state index in [0.717, 1.165) is 33.5 Å². The fourth-order valence-electron chi connectivity index (χ4n) is 2.15. The zero-order chi connectivity index (χ0) is 11.8. The third kappa shape index (κ3) is 2.12. The normalized spacial score (nSPS) is 16.7. The van der Waals surface area contributed by atoms with Gasteiger partial charge in [0.25, 0.3) is 0 Å². The zero-order valence-electron chi connectivity index (χ0n) is 9.25. The van der Waals surface area contributed by atoms with Crippen LogP contribution >= 0.6 is 34.5 Å². The fourth-order valence-corrected chi connectivity index (χ4v) is 3.73. The van der Waals surface area contributed by atoms with E-state index in [1.165, 1.54) is 19.3 Å². The molecule has 0 unspecified atom stereocenters. The molecule has 0 radical (unpaired) electrons. The highest BCUT2D eigenvalue weighted by Gasteiger charge is 2.17. The lowest BCUT2D eigenvalue weighted by Gasteiger charge is -2.25. The van der Waals surface area contributed by atoms with Crippen molar-refractivity contribution in [3.05, 3.63) is 22.2 Å². The zero-order valence-corrected chi connectivity index (χ0v) is 11.6. The number of halogens is 2. The molecule has 2 heterocycles. The Morgan fingerprint density at radius 2 is 1.76 bits per heavy atom. The van der Waals surface area contributed by atoms with Crippen LogP contribution in [0.15, 0.2) is 12.1 Å². The van der Waals surface area contributed by atoms with Crippen molar-refractivity contribution in [1.82, 2.24) is 4.98 Å². The van der Waals surface area contributed by atoms with E-state index in [2.05, 4.69) is 9.88 Å². The van der Waals surface area contributed by atoms with Gasteiger partial charge < -0.3 is 4.90 Å². The summed E-state index contributed by atoms with van der Waals surface area (Å²) in [6.07, 6.45) is 3.82. The standard InChI is InChI=1S/C12H12Cl2N2S/c13-8-4-5-9(14)11-10(8)15-12(17-11)16-6-2-1-3-7-16/h4-5H,1-3,6-7H2. The molecule has 90 valence electrons. The van der Waals surface area contributed by atoms with Crippen LogP contribution in [0.25, 0.3) is 10.2 Å². The average molecular weight is 287 g/mol. The second kappa shape index (κ2) is 4.63. The highest BCUT2D eigenvalue weighted by molar-refractivity contribution is 7.22. The highest BCUT2D eigenvalue weighted by Crippen LogP contribution is 2.38. The molecule has 0 bridgehead atoms. The van der Waals surface area contributed by atoms with Crippen LogP contribution < -0.4 is 4.90 Å². The van der Waals surface area contributed by atoms with E-state index in [1.807, 2.05) is 12.1 Å². The maximum atomic E-state index is 6.17. The minimum atomic E-state index is 0.684. The Hall–Kier alpha value is -0.510. The lowest BCUT2D eigenvalue weighted by molar-refractivity contribution is 0.577. The SMILES string of the molecule is Clc1ccc(Cl)c2sc(N3CCCCC3)nc12. The van der Waals surface area contributed by atoms with Crippen molar-refractivity contribution >= 4 is 49.9 Å². The van der Waals surface area contributed by atoms with Crippen molar-refractivity contribution in [2.45, 2.75) is 19.3 Å². The van der Waals surface area contributed by atoms with Crippen LogP contribution in [0.5, 0.6) is 0 Å². The third-order valence-corrected chi connectivity index (χ3v) is 4.94. The van der Waals surface area contributed by atoms with E-state index >= 15 is 0 Å². The van der Waals surface area contributed by atoms with Crippen LogP contribution in [0.4, 0.5) is 5.13 Å². The van der Waals surface area contributed by atoms with Gasteiger partial charge in [0.15, 0.2) is 5.13 Å². The quantitative estimate of drug-likeness (QED) is 0.762. The van der Waals surface area contributed by atoms with Crippen LogP contribution in [0.2, 0.25) is 10.0 Å². The van der Waals surface area contributed by atoms with Crippen molar-refractivity contribution in [1.29, 1.82) is 0 Å². The third-order valence-electron chi connectivity index (χ3n) is 3.06. The number of thiazole rings is 1. The summed E-state index contributed by atoms with van der Waals surface area (Å²) in [6, 6.07) is 3.65. The topological polar surface area (TPSA) is 16.1 Å².